The van der Waals surface area contributed by atoms with Crippen molar-refractivity contribution < 1.29 is 9.90 Å². The topological polar surface area (TPSA) is 65.5 Å². The molecule has 0 fully saturated rings. The lowest BCUT2D eigenvalue weighted by molar-refractivity contribution is -0.114. The molecular formula is C8H13N3O2S. The van der Waals surface area contributed by atoms with Crippen LogP contribution in [0, 0.1) is 0 Å². The van der Waals surface area contributed by atoms with E-state index in [9.17, 15) is 4.79 Å². The Labute approximate surface area is 86.4 Å². The van der Waals surface area contributed by atoms with Crippen molar-refractivity contribution in [2.75, 3.05) is 30.4 Å². The molecule has 2 N–H and O–H groups in total. The number of amides is 1. The molecule has 0 radical (unpaired) electrons. The van der Waals surface area contributed by atoms with Crippen molar-refractivity contribution in [3.63, 3.8) is 0 Å². The molecule has 0 unspecified atom stereocenters. The number of nitrogens with one attached hydrogen (secondary N) is 1. The molecule has 0 aliphatic rings. The van der Waals surface area contributed by atoms with E-state index in [0.717, 1.165) is 5.00 Å². The molecule has 14 heavy (non-hydrogen) atoms. The predicted molar refractivity (Wildman–Crippen MR) is 56.8 cm³/mol. The minimum atomic E-state index is -0.129. The molecule has 0 saturated heterocycles. The van der Waals surface area contributed by atoms with Gasteiger partial charge in [-0.2, -0.15) is 0 Å². The summed E-state index contributed by atoms with van der Waals surface area (Å²) >= 11 is 1.38. The van der Waals surface area contributed by atoms with E-state index >= 15 is 0 Å². The van der Waals surface area contributed by atoms with Gasteiger partial charge in [0.15, 0.2) is 5.13 Å². The second-order valence-electron chi connectivity index (χ2n) is 2.83. The molecule has 1 amide bonds. The van der Waals surface area contributed by atoms with Gasteiger partial charge in [-0.15, -0.1) is 0 Å². The first-order valence-electron chi connectivity index (χ1n) is 4.19. The van der Waals surface area contributed by atoms with Gasteiger partial charge in [0, 0.05) is 20.5 Å². The van der Waals surface area contributed by atoms with E-state index in [1.165, 1.54) is 18.3 Å². The number of aliphatic hydroxyl groups excluding tert-OH is 1. The fraction of sp³-hybridized carbons (Fsp3) is 0.500. The maximum atomic E-state index is 10.7. The maximum absolute atomic E-state index is 10.7. The summed E-state index contributed by atoms with van der Waals surface area (Å²) < 4.78 is 0. The summed E-state index contributed by atoms with van der Waals surface area (Å²) in [6.07, 6.45) is 1.67. The summed E-state index contributed by atoms with van der Waals surface area (Å²) in [7, 11) is 1.86. The summed E-state index contributed by atoms with van der Waals surface area (Å²) in [6.45, 7) is 2.10. The van der Waals surface area contributed by atoms with Gasteiger partial charge in [-0.25, -0.2) is 4.98 Å². The van der Waals surface area contributed by atoms with Gasteiger partial charge in [0.25, 0.3) is 0 Å². The Morgan fingerprint density at radius 2 is 2.50 bits per heavy atom. The van der Waals surface area contributed by atoms with Crippen molar-refractivity contribution >= 4 is 27.4 Å². The van der Waals surface area contributed by atoms with E-state index < -0.39 is 0 Å². The second-order valence-corrected chi connectivity index (χ2v) is 3.84. The average Bonchev–Trinajstić information content (AvgIpc) is 2.52. The lowest BCUT2D eigenvalue weighted by atomic mass is 10.6. The zero-order valence-corrected chi connectivity index (χ0v) is 8.97. The lowest BCUT2D eigenvalue weighted by Crippen LogP contribution is -2.19. The average molecular weight is 215 g/mol. The van der Waals surface area contributed by atoms with Crippen LogP contribution in [0.3, 0.4) is 0 Å². The van der Waals surface area contributed by atoms with Gasteiger partial charge in [0.2, 0.25) is 5.91 Å². The minimum absolute atomic E-state index is 0.101. The van der Waals surface area contributed by atoms with Crippen molar-refractivity contribution in [3.05, 3.63) is 6.20 Å². The van der Waals surface area contributed by atoms with Crippen LogP contribution < -0.4 is 10.2 Å². The molecule has 5 nitrogen and oxygen atoms in total. The van der Waals surface area contributed by atoms with E-state index in [1.54, 1.807) is 6.20 Å². The number of anilines is 2. The maximum Gasteiger partial charge on any atom is 0.223 e. The van der Waals surface area contributed by atoms with Gasteiger partial charge in [-0.3, -0.25) is 4.79 Å². The zero-order valence-electron chi connectivity index (χ0n) is 8.15. The molecule has 0 aromatic carbocycles. The Morgan fingerprint density at radius 3 is 3.07 bits per heavy atom. The highest BCUT2D eigenvalue weighted by Crippen LogP contribution is 2.25. The first kappa shape index (κ1) is 10.9. The van der Waals surface area contributed by atoms with Crippen LogP contribution in [-0.4, -0.2) is 36.2 Å². The van der Waals surface area contributed by atoms with E-state index in [4.69, 9.17) is 5.11 Å². The van der Waals surface area contributed by atoms with Crippen LogP contribution in [0.5, 0.6) is 0 Å². The molecule has 0 aliphatic carbocycles. The van der Waals surface area contributed by atoms with Crippen LogP contribution in [0.2, 0.25) is 0 Å². The Kier molecular flexibility index (Phi) is 3.84. The molecule has 0 aliphatic heterocycles. The number of aromatic nitrogens is 1. The molecule has 6 heteroatoms. The predicted octanol–water partition coefficient (Wildman–Crippen LogP) is 0.530. The van der Waals surface area contributed by atoms with Crippen LogP contribution in [0.4, 0.5) is 10.1 Å². The van der Waals surface area contributed by atoms with E-state index in [-0.39, 0.29) is 12.5 Å². The highest BCUT2D eigenvalue weighted by molar-refractivity contribution is 7.19. The number of thiazole rings is 1. The van der Waals surface area contributed by atoms with Crippen LogP contribution in [0.25, 0.3) is 0 Å². The number of carbonyl (C=O) groups is 1. The molecule has 0 spiro atoms. The molecule has 1 aromatic heterocycles. The number of rotatable bonds is 4. The highest BCUT2D eigenvalue weighted by Gasteiger charge is 2.06. The van der Waals surface area contributed by atoms with Crippen molar-refractivity contribution in [2.45, 2.75) is 6.92 Å². The standard InChI is InChI=1S/C8H13N3O2S/c1-6(13)10-8-9-5-7(14-8)11(2)3-4-12/h5,12H,3-4H2,1-2H3,(H,9,10,13). The van der Waals surface area contributed by atoms with Crippen molar-refractivity contribution in [1.29, 1.82) is 0 Å². The summed E-state index contributed by atoms with van der Waals surface area (Å²) in [6, 6.07) is 0. The molecule has 1 aromatic rings. The highest BCUT2D eigenvalue weighted by atomic mass is 32.1. The van der Waals surface area contributed by atoms with Gasteiger partial charge in [-0.1, -0.05) is 11.3 Å². The Bertz CT molecular complexity index is 313. The van der Waals surface area contributed by atoms with E-state index in [0.29, 0.717) is 11.7 Å². The normalized spacial score (nSPS) is 9.93. The first-order valence-corrected chi connectivity index (χ1v) is 5.00. The fourth-order valence-corrected chi connectivity index (χ4v) is 1.76. The lowest BCUT2D eigenvalue weighted by Gasteiger charge is -2.13. The van der Waals surface area contributed by atoms with Crippen molar-refractivity contribution in [2.24, 2.45) is 0 Å². The third kappa shape index (κ3) is 2.97. The number of hydrogen-bond donors (Lipinski definition) is 2. The SMILES string of the molecule is CC(=O)Nc1ncc(N(C)CCO)s1. The van der Waals surface area contributed by atoms with Crippen LogP contribution in [0.1, 0.15) is 6.92 Å². The van der Waals surface area contributed by atoms with Crippen LogP contribution >= 0.6 is 11.3 Å². The quantitative estimate of drug-likeness (QED) is 0.769. The van der Waals surface area contributed by atoms with Crippen molar-refractivity contribution in [3.8, 4) is 0 Å². The molecule has 78 valence electrons. The molecule has 0 bridgehead atoms. The molecule has 1 rings (SSSR count). The number of nitrogens with zero attached hydrogens (tertiary/aromatic N) is 2. The van der Waals surface area contributed by atoms with E-state index in [2.05, 4.69) is 10.3 Å². The number of likely N-dealkylation sites (N-methyl/N-ethyl adjacent to an activating group) is 1. The van der Waals surface area contributed by atoms with Crippen LogP contribution in [0.15, 0.2) is 6.20 Å². The summed E-state index contributed by atoms with van der Waals surface area (Å²) in [5.74, 6) is -0.129. The van der Waals surface area contributed by atoms with Gasteiger partial charge in [0.1, 0.15) is 5.00 Å². The van der Waals surface area contributed by atoms with Gasteiger partial charge < -0.3 is 15.3 Å². The zero-order chi connectivity index (χ0) is 10.6. The monoisotopic (exact) mass is 215 g/mol. The number of hydrogen-bond acceptors (Lipinski definition) is 5. The third-order valence-corrected chi connectivity index (χ3v) is 2.62. The minimum Gasteiger partial charge on any atom is -0.395 e. The number of carbonyl (C=O) groups excluding carboxylic acids is 1. The fourth-order valence-electron chi connectivity index (χ4n) is 0.911. The third-order valence-electron chi connectivity index (χ3n) is 1.59. The Hall–Kier alpha value is -1.14. The largest absolute Gasteiger partial charge is 0.395 e. The second kappa shape index (κ2) is 4.92. The van der Waals surface area contributed by atoms with Crippen molar-refractivity contribution in [1.82, 2.24) is 4.98 Å². The first-order chi connectivity index (χ1) is 6.63. The Morgan fingerprint density at radius 1 is 1.79 bits per heavy atom. The molecule has 1 heterocycles. The smallest absolute Gasteiger partial charge is 0.223 e. The van der Waals surface area contributed by atoms with E-state index in [1.807, 2.05) is 11.9 Å². The summed E-state index contributed by atoms with van der Waals surface area (Å²) in [5.41, 5.74) is 0. The summed E-state index contributed by atoms with van der Waals surface area (Å²) in [5, 5.41) is 12.8. The molecule has 0 saturated carbocycles. The van der Waals surface area contributed by atoms with Gasteiger partial charge in [-0.05, 0) is 0 Å². The molecule has 0 atom stereocenters. The Balaban J connectivity index is 2.62. The molecular weight excluding hydrogens is 202 g/mol. The van der Waals surface area contributed by atoms with Gasteiger partial charge in [0.05, 0.1) is 12.8 Å². The van der Waals surface area contributed by atoms with Crippen LogP contribution in [-0.2, 0) is 4.79 Å². The van der Waals surface area contributed by atoms with Gasteiger partial charge >= 0.3 is 0 Å². The number of aliphatic hydroxyl groups is 1. The summed E-state index contributed by atoms with van der Waals surface area (Å²) in [4.78, 5) is 16.6.